The summed E-state index contributed by atoms with van der Waals surface area (Å²) in [5, 5.41) is 10.5. The zero-order chi connectivity index (χ0) is 25.2. The monoisotopic (exact) mass is 474 g/mol. The van der Waals surface area contributed by atoms with Crippen molar-refractivity contribution in [2.45, 2.75) is 149 Å². The Kier molecular flexibility index (Phi) is 16.2. The fourth-order valence-electron chi connectivity index (χ4n) is 4.50. The lowest BCUT2D eigenvalue weighted by atomic mass is 9.85. The van der Waals surface area contributed by atoms with Gasteiger partial charge in [0.05, 0.1) is 12.0 Å². The normalized spacial score (nSPS) is 14.5. The quantitative estimate of drug-likeness (QED) is 0.161. The zero-order valence-electron chi connectivity index (χ0n) is 23.0. The molecule has 3 heteroatoms. The van der Waals surface area contributed by atoms with Crippen molar-refractivity contribution in [2.24, 2.45) is 5.41 Å². The highest BCUT2D eigenvalue weighted by molar-refractivity contribution is 5.77. The Balaban J connectivity index is 2.20. The van der Waals surface area contributed by atoms with E-state index in [-0.39, 0.29) is 29.5 Å². The van der Waals surface area contributed by atoms with Crippen LogP contribution >= 0.6 is 0 Å². The number of carbonyl (C=O) groups excluding carboxylic acids is 1. The number of hydrogen-bond acceptors (Lipinski definition) is 3. The smallest absolute Gasteiger partial charge is 0.313 e. The van der Waals surface area contributed by atoms with E-state index >= 15 is 0 Å². The predicted octanol–water partition coefficient (Wildman–Crippen LogP) is 8.98. The molecule has 0 saturated heterocycles. The number of aliphatic hydroxyl groups is 1. The molecule has 1 N–H and O–H groups in total. The highest BCUT2D eigenvalue weighted by atomic mass is 16.5. The minimum Gasteiger partial charge on any atom is -0.461 e. The van der Waals surface area contributed by atoms with E-state index in [9.17, 15) is 9.90 Å². The number of hydrogen-bond donors (Lipinski definition) is 1. The van der Waals surface area contributed by atoms with Crippen molar-refractivity contribution in [1.29, 1.82) is 0 Å². The Morgan fingerprint density at radius 1 is 0.794 bits per heavy atom. The standard InChI is InChI=1S/C31H54O3/c1-6-7-8-9-10-11-12-13-14-15-16-20-23-28(32)24-25-29(31(3,4)5)34-30(33)26(2)27-21-18-17-19-22-27/h17-19,21-22,26,28-29,32H,6-16,20,23-25H2,1-5H3. The third kappa shape index (κ3) is 14.1. The van der Waals surface area contributed by atoms with Gasteiger partial charge in [0.1, 0.15) is 6.10 Å². The number of aliphatic hydroxyl groups excluding tert-OH is 1. The van der Waals surface area contributed by atoms with Gasteiger partial charge in [-0.2, -0.15) is 0 Å². The van der Waals surface area contributed by atoms with Crippen molar-refractivity contribution in [3.63, 3.8) is 0 Å². The Bertz CT molecular complexity index is 619. The van der Waals surface area contributed by atoms with Gasteiger partial charge in [-0.05, 0) is 37.2 Å². The van der Waals surface area contributed by atoms with Crippen molar-refractivity contribution in [2.75, 3.05) is 0 Å². The zero-order valence-corrected chi connectivity index (χ0v) is 23.0. The molecule has 0 aliphatic rings. The minimum atomic E-state index is -0.307. The van der Waals surface area contributed by atoms with Crippen LogP contribution in [0, 0.1) is 5.41 Å². The molecule has 3 nitrogen and oxygen atoms in total. The second-order valence-electron chi connectivity index (χ2n) is 11.3. The Hall–Kier alpha value is -1.35. The average molecular weight is 475 g/mol. The van der Waals surface area contributed by atoms with Gasteiger partial charge in [0.25, 0.3) is 0 Å². The average Bonchev–Trinajstić information content (AvgIpc) is 2.81. The van der Waals surface area contributed by atoms with Gasteiger partial charge in [0.2, 0.25) is 0 Å². The van der Waals surface area contributed by atoms with Crippen LogP contribution in [0.15, 0.2) is 30.3 Å². The van der Waals surface area contributed by atoms with E-state index in [4.69, 9.17) is 4.74 Å². The molecule has 0 amide bonds. The topological polar surface area (TPSA) is 46.5 Å². The molecule has 0 spiro atoms. The van der Waals surface area contributed by atoms with E-state index in [0.717, 1.165) is 18.4 Å². The van der Waals surface area contributed by atoms with Crippen LogP contribution in [0.3, 0.4) is 0 Å². The van der Waals surface area contributed by atoms with Gasteiger partial charge in [0.15, 0.2) is 0 Å². The summed E-state index contributed by atoms with van der Waals surface area (Å²) in [4.78, 5) is 12.8. The number of carbonyl (C=O) groups is 1. The van der Waals surface area contributed by atoms with E-state index in [0.29, 0.717) is 12.8 Å². The molecule has 0 saturated carbocycles. The molecule has 196 valence electrons. The third-order valence-electron chi connectivity index (χ3n) is 7.03. The molecule has 34 heavy (non-hydrogen) atoms. The molecular weight excluding hydrogens is 420 g/mol. The molecule has 3 atom stereocenters. The lowest BCUT2D eigenvalue weighted by molar-refractivity contribution is -0.157. The van der Waals surface area contributed by atoms with Gasteiger partial charge >= 0.3 is 5.97 Å². The van der Waals surface area contributed by atoms with Crippen LogP contribution in [0.2, 0.25) is 0 Å². The summed E-state index contributed by atoms with van der Waals surface area (Å²) in [7, 11) is 0. The van der Waals surface area contributed by atoms with Gasteiger partial charge in [0, 0.05) is 0 Å². The van der Waals surface area contributed by atoms with Crippen molar-refractivity contribution in [3.8, 4) is 0 Å². The second-order valence-corrected chi connectivity index (χ2v) is 11.3. The van der Waals surface area contributed by atoms with Crippen LogP contribution in [0.1, 0.15) is 142 Å². The molecule has 0 heterocycles. The first-order valence-electron chi connectivity index (χ1n) is 14.2. The Labute approximate surface area is 211 Å². The molecule has 1 aromatic rings. The van der Waals surface area contributed by atoms with Crippen LogP contribution in [0.25, 0.3) is 0 Å². The van der Waals surface area contributed by atoms with E-state index in [2.05, 4.69) is 27.7 Å². The molecule has 0 aliphatic heterocycles. The summed E-state index contributed by atoms with van der Waals surface area (Å²) in [6, 6.07) is 9.79. The number of unbranched alkanes of at least 4 members (excludes halogenated alkanes) is 11. The summed E-state index contributed by atoms with van der Waals surface area (Å²) in [5.74, 6) is -0.460. The first kappa shape index (κ1) is 30.7. The van der Waals surface area contributed by atoms with Crippen LogP contribution in [-0.2, 0) is 9.53 Å². The number of rotatable bonds is 19. The third-order valence-corrected chi connectivity index (χ3v) is 7.03. The molecule has 0 fully saturated rings. The van der Waals surface area contributed by atoms with Crippen LogP contribution < -0.4 is 0 Å². The number of ether oxygens (including phenoxy) is 1. The number of esters is 1. The molecule has 0 bridgehead atoms. The van der Waals surface area contributed by atoms with Gasteiger partial charge < -0.3 is 9.84 Å². The second kappa shape index (κ2) is 18.0. The van der Waals surface area contributed by atoms with Crippen LogP contribution in [0.4, 0.5) is 0 Å². The van der Waals surface area contributed by atoms with Crippen molar-refractivity contribution in [3.05, 3.63) is 35.9 Å². The summed E-state index contributed by atoms with van der Waals surface area (Å²) < 4.78 is 5.95. The van der Waals surface area contributed by atoms with E-state index in [1.165, 1.54) is 70.6 Å². The van der Waals surface area contributed by atoms with Gasteiger partial charge in [-0.25, -0.2) is 0 Å². The molecule has 0 aromatic heterocycles. The SMILES string of the molecule is CCCCCCCCCCCCCCC(O)CCC(OC(=O)C(C)c1ccccc1)C(C)(C)C. The Morgan fingerprint density at radius 3 is 1.79 bits per heavy atom. The fourth-order valence-corrected chi connectivity index (χ4v) is 4.50. The molecule has 3 unspecified atom stereocenters. The molecule has 1 aromatic carbocycles. The van der Waals surface area contributed by atoms with Gasteiger partial charge in [-0.3, -0.25) is 4.79 Å². The van der Waals surface area contributed by atoms with Crippen LogP contribution in [-0.4, -0.2) is 23.3 Å². The molecule has 0 radical (unpaired) electrons. The first-order chi connectivity index (χ1) is 16.3. The summed E-state index contributed by atoms with van der Waals surface area (Å²) in [6.45, 7) is 10.5. The maximum atomic E-state index is 12.8. The maximum Gasteiger partial charge on any atom is 0.313 e. The van der Waals surface area contributed by atoms with Crippen molar-refractivity contribution in [1.82, 2.24) is 0 Å². The van der Waals surface area contributed by atoms with Crippen LogP contribution in [0.5, 0.6) is 0 Å². The molecular formula is C31H54O3. The lowest BCUT2D eigenvalue weighted by Crippen LogP contribution is -2.34. The molecule has 1 rings (SSSR count). The highest BCUT2D eigenvalue weighted by Gasteiger charge is 2.30. The number of benzene rings is 1. The minimum absolute atomic E-state index is 0.151. The van der Waals surface area contributed by atoms with Crippen molar-refractivity contribution < 1.29 is 14.6 Å². The van der Waals surface area contributed by atoms with Crippen molar-refractivity contribution >= 4 is 5.97 Å². The molecule has 0 aliphatic carbocycles. The summed E-state index contributed by atoms with van der Waals surface area (Å²) in [6.07, 6.45) is 17.7. The predicted molar refractivity (Wildman–Crippen MR) is 145 cm³/mol. The van der Waals surface area contributed by atoms with Gasteiger partial charge in [-0.15, -0.1) is 0 Å². The lowest BCUT2D eigenvalue weighted by Gasteiger charge is -2.32. The summed E-state index contributed by atoms with van der Waals surface area (Å²) in [5.41, 5.74) is 0.828. The van der Waals surface area contributed by atoms with E-state index in [1.807, 2.05) is 37.3 Å². The highest BCUT2D eigenvalue weighted by Crippen LogP contribution is 2.29. The first-order valence-corrected chi connectivity index (χ1v) is 14.2. The van der Waals surface area contributed by atoms with E-state index < -0.39 is 0 Å². The fraction of sp³-hybridized carbons (Fsp3) is 0.774. The van der Waals surface area contributed by atoms with E-state index in [1.54, 1.807) is 0 Å². The maximum absolute atomic E-state index is 12.8. The summed E-state index contributed by atoms with van der Waals surface area (Å²) >= 11 is 0. The van der Waals surface area contributed by atoms with Gasteiger partial charge in [-0.1, -0.05) is 135 Å². The largest absolute Gasteiger partial charge is 0.461 e. The Morgan fingerprint density at radius 2 is 1.29 bits per heavy atom.